The first-order valence-electron chi connectivity index (χ1n) is 9.02. The standard InChI is InChI=1S/C19H25N3O2.ClH/c1-13(23)21-16-5-2-6-17-14(16)4-3-11-22(17)18(24)15-12-19(15)7-9-20-10-8-19;/h2,5-6,15,20H,3-4,7-12H2,1H3,(H,21,23);1H. The van der Waals surface area contributed by atoms with Crippen LogP contribution in [0.2, 0.25) is 0 Å². The molecule has 6 heteroatoms. The minimum absolute atomic E-state index is 0. The van der Waals surface area contributed by atoms with Crippen LogP contribution in [-0.2, 0) is 16.0 Å². The SMILES string of the molecule is CC(=O)Nc1cccc2c1CCCN2C(=O)C1CC12CCNCC2.Cl. The molecule has 5 nitrogen and oxygen atoms in total. The van der Waals surface area contributed by atoms with E-state index in [1.54, 1.807) is 0 Å². The quantitative estimate of drug-likeness (QED) is 0.849. The Bertz CT molecular complexity index is 685. The molecule has 1 spiro atoms. The number of rotatable bonds is 2. The molecule has 0 radical (unpaired) electrons. The van der Waals surface area contributed by atoms with Gasteiger partial charge in [-0.25, -0.2) is 0 Å². The van der Waals surface area contributed by atoms with Crippen LogP contribution in [0.1, 0.15) is 38.2 Å². The van der Waals surface area contributed by atoms with Gasteiger partial charge < -0.3 is 15.5 Å². The Labute approximate surface area is 154 Å². The molecule has 1 saturated carbocycles. The first-order valence-corrected chi connectivity index (χ1v) is 9.02. The number of benzene rings is 1. The van der Waals surface area contributed by atoms with Crippen molar-refractivity contribution < 1.29 is 9.59 Å². The number of carbonyl (C=O) groups excluding carboxylic acids is 2. The summed E-state index contributed by atoms with van der Waals surface area (Å²) < 4.78 is 0. The molecule has 2 fully saturated rings. The normalized spacial score (nSPS) is 23.4. The number of nitrogens with zero attached hydrogens (tertiary/aromatic N) is 1. The molecule has 136 valence electrons. The van der Waals surface area contributed by atoms with Gasteiger partial charge in [0.25, 0.3) is 0 Å². The topological polar surface area (TPSA) is 61.4 Å². The number of halogens is 1. The number of anilines is 2. The molecule has 25 heavy (non-hydrogen) atoms. The molecule has 1 unspecified atom stereocenters. The summed E-state index contributed by atoms with van der Waals surface area (Å²) in [6, 6.07) is 5.89. The van der Waals surface area contributed by atoms with Crippen LogP contribution in [0.5, 0.6) is 0 Å². The highest BCUT2D eigenvalue weighted by molar-refractivity contribution is 6.00. The van der Waals surface area contributed by atoms with E-state index in [0.717, 1.165) is 68.7 Å². The van der Waals surface area contributed by atoms with Gasteiger partial charge in [0.1, 0.15) is 0 Å². The summed E-state index contributed by atoms with van der Waals surface area (Å²) in [5.74, 6) is 0.412. The van der Waals surface area contributed by atoms with E-state index in [9.17, 15) is 9.59 Å². The van der Waals surface area contributed by atoms with E-state index < -0.39 is 0 Å². The minimum atomic E-state index is -0.0669. The van der Waals surface area contributed by atoms with Crippen molar-refractivity contribution in [2.75, 3.05) is 29.9 Å². The number of nitrogens with one attached hydrogen (secondary N) is 2. The van der Waals surface area contributed by atoms with Crippen molar-refractivity contribution >= 4 is 35.6 Å². The predicted molar refractivity (Wildman–Crippen MR) is 101 cm³/mol. The van der Waals surface area contributed by atoms with E-state index >= 15 is 0 Å². The Kier molecular flexibility index (Phi) is 5.07. The van der Waals surface area contributed by atoms with Crippen molar-refractivity contribution in [2.24, 2.45) is 11.3 Å². The Morgan fingerprint density at radius 3 is 2.76 bits per heavy atom. The van der Waals surface area contributed by atoms with Gasteiger partial charge >= 0.3 is 0 Å². The Balaban J connectivity index is 0.00000182. The minimum Gasteiger partial charge on any atom is -0.326 e. The molecule has 2 aliphatic heterocycles. The van der Waals surface area contributed by atoms with Crippen LogP contribution in [0.3, 0.4) is 0 Å². The average Bonchev–Trinajstić information content (AvgIpc) is 3.27. The van der Waals surface area contributed by atoms with E-state index in [-0.39, 0.29) is 35.6 Å². The van der Waals surface area contributed by atoms with Gasteiger partial charge in [-0.2, -0.15) is 0 Å². The second-order valence-corrected chi connectivity index (χ2v) is 7.45. The third-order valence-corrected chi connectivity index (χ3v) is 5.91. The van der Waals surface area contributed by atoms with E-state index in [1.165, 1.54) is 6.92 Å². The van der Waals surface area contributed by atoms with Crippen LogP contribution in [0.15, 0.2) is 18.2 Å². The summed E-state index contributed by atoms with van der Waals surface area (Å²) in [6.45, 7) is 4.39. The maximum absolute atomic E-state index is 13.1. The van der Waals surface area contributed by atoms with Gasteiger partial charge in [-0.3, -0.25) is 9.59 Å². The lowest BCUT2D eigenvalue weighted by atomic mass is 9.91. The lowest BCUT2D eigenvalue weighted by molar-refractivity contribution is -0.120. The highest BCUT2D eigenvalue weighted by atomic mass is 35.5. The third-order valence-electron chi connectivity index (χ3n) is 5.91. The van der Waals surface area contributed by atoms with E-state index in [2.05, 4.69) is 10.6 Å². The van der Waals surface area contributed by atoms with Gasteiger partial charge in [-0.05, 0) is 68.3 Å². The van der Waals surface area contributed by atoms with Crippen LogP contribution >= 0.6 is 12.4 Å². The molecular weight excluding hydrogens is 338 g/mol. The highest BCUT2D eigenvalue weighted by Gasteiger charge is 2.58. The van der Waals surface area contributed by atoms with Gasteiger partial charge in [0.15, 0.2) is 0 Å². The number of piperidine rings is 1. The van der Waals surface area contributed by atoms with Crippen molar-refractivity contribution in [3.8, 4) is 0 Å². The van der Waals surface area contributed by atoms with Gasteiger partial charge in [-0.15, -0.1) is 12.4 Å². The fourth-order valence-corrected chi connectivity index (χ4v) is 4.52. The summed E-state index contributed by atoms with van der Waals surface area (Å²) in [6.07, 6.45) is 5.16. The molecule has 0 bridgehead atoms. The third kappa shape index (κ3) is 3.27. The summed E-state index contributed by atoms with van der Waals surface area (Å²) in [7, 11) is 0. The van der Waals surface area contributed by atoms with Gasteiger partial charge in [0, 0.05) is 30.8 Å². The van der Waals surface area contributed by atoms with Crippen molar-refractivity contribution in [3.63, 3.8) is 0 Å². The summed E-state index contributed by atoms with van der Waals surface area (Å²) in [4.78, 5) is 26.6. The number of carbonyl (C=O) groups is 2. The number of fused-ring (bicyclic) bond motifs is 1. The zero-order valence-electron chi connectivity index (χ0n) is 14.6. The fourth-order valence-electron chi connectivity index (χ4n) is 4.52. The molecule has 2 amide bonds. The van der Waals surface area contributed by atoms with Crippen molar-refractivity contribution in [2.45, 2.75) is 39.0 Å². The first kappa shape index (κ1) is 18.2. The second-order valence-electron chi connectivity index (χ2n) is 7.45. The predicted octanol–water partition coefficient (Wildman–Crippen LogP) is 2.74. The fraction of sp³-hybridized carbons (Fsp3) is 0.579. The molecule has 1 aliphatic carbocycles. The lowest BCUT2D eigenvalue weighted by Gasteiger charge is -2.32. The number of hydrogen-bond acceptors (Lipinski definition) is 3. The molecule has 1 aromatic rings. The summed E-state index contributed by atoms with van der Waals surface area (Å²) in [5.41, 5.74) is 3.21. The molecule has 2 heterocycles. The first-order chi connectivity index (χ1) is 11.6. The van der Waals surface area contributed by atoms with Gasteiger partial charge in [0.05, 0.1) is 0 Å². The van der Waals surface area contributed by atoms with Crippen LogP contribution in [0.25, 0.3) is 0 Å². The average molecular weight is 364 g/mol. The van der Waals surface area contributed by atoms with Crippen LogP contribution in [0, 0.1) is 11.3 Å². The van der Waals surface area contributed by atoms with Crippen molar-refractivity contribution in [3.05, 3.63) is 23.8 Å². The van der Waals surface area contributed by atoms with Crippen molar-refractivity contribution in [1.29, 1.82) is 0 Å². The lowest BCUT2D eigenvalue weighted by Crippen LogP contribution is -2.39. The van der Waals surface area contributed by atoms with Gasteiger partial charge in [-0.1, -0.05) is 6.07 Å². The largest absolute Gasteiger partial charge is 0.326 e. The molecule has 0 aromatic heterocycles. The number of amides is 2. The van der Waals surface area contributed by atoms with Crippen LogP contribution in [-0.4, -0.2) is 31.4 Å². The molecule has 1 aromatic carbocycles. The maximum Gasteiger partial charge on any atom is 0.230 e. The van der Waals surface area contributed by atoms with E-state index in [1.807, 2.05) is 23.1 Å². The Hall–Kier alpha value is -1.59. The van der Waals surface area contributed by atoms with Gasteiger partial charge in [0.2, 0.25) is 11.8 Å². The zero-order valence-corrected chi connectivity index (χ0v) is 15.5. The van der Waals surface area contributed by atoms with Crippen LogP contribution < -0.4 is 15.5 Å². The summed E-state index contributed by atoms with van der Waals surface area (Å²) >= 11 is 0. The second kappa shape index (κ2) is 6.96. The maximum atomic E-state index is 13.1. The van der Waals surface area contributed by atoms with Crippen LogP contribution in [0.4, 0.5) is 11.4 Å². The molecule has 1 saturated heterocycles. The molecular formula is C19H26ClN3O2. The van der Waals surface area contributed by atoms with E-state index in [0.29, 0.717) is 0 Å². The molecule has 2 N–H and O–H groups in total. The molecule has 1 atom stereocenters. The molecule has 3 aliphatic rings. The monoisotopic (exact) mass is 363 g/mol. The summed E-state index contributed by atoms with van der Waals surface area (Å²) in [5, 5.41) is 6.30. The Morgan fingerprint density at radius 2 is 2.04 bits per heavy atom. The van der Waals surface area contributed by atoms with E-state index in [4.69, 9.17) is 0 Å². The zero-order chi connectivity index (χ0) is 16.7. The Morgan fingerprint density at radius 1 is 1.28 bits per heavy atom. The van der Waals surface area contributed by atoms with Crippen molar-refractivity contribution in [1.82, 2.24) is 5.32 Å². The highest BCUT2D eigenvalue weighted by Crippen LogP contribution is 2.59. The number of hydrogen-bond donors (Lipinski definition) is 2. The smallest absolute Gasteiger partial charge is 0.230 e. The molecule has 4 rings (SSSR count).